The van der Waals surface area contributed by atoms with Gasteiger partial charge in [-0.1, -0.05) is 5.16 Å². The van der Waals surface area contributed by atoms with Crippen molar-refractivity contribution in [1.82, 2.24) is 14.9 Å². The van der Waals surface area contributed by atoms with E-state index in [9.17, 15) is 9.59 Å². The van der Waals surface area contributed by atoms with E-state index in [4.69, 9.17) is 4.52 Å². The third-order valence-corrected chi connectivity index (χ3v) is 2.26. The molecule has 8 nitrogen and oxygen atoms in total. The minimum absolute atomic E-state index is 0.0201. The highest BCUT2D eigenvalue weighted by Crippen LogP contribution is 2.09. The Labute approximate surface area is 108 Å². The topological polar surface area (TPSA) is 99.2 Å². The van der Waals surface area contributed by atoms with Gasteiger partial charge in [0.15, 0.2) is 0 Å². The maximum atomic E-state index is 11.7. The van der Waals surface area contributed by atoms with Gasteiger partial charge in [-0.25, -0.2) is 0 Å². The molecule has 0 radical (unpaired) electrons. The van der Waals surface area contributed by atoms with Gasteiger partial charge in [-0.05, 0) is 6.92 Å². The van der Waals surface area contributed by atoms with Crippen LogP contribution in [0, 0.1) is 6.92 Å². The molecular weight excluding hydrogens is 252 g/mol. The molecule has 0 saturated heterocycles. The van der Waals surface area contributed by atoms with Crippen molar-refractivity contribution in [1.29, 1.82) is 0 Å². The zero-order valence-electron chi connectivity index (χ0n) is 10.4. The van der Waals surface area contributed by atoms with Crippen molar-refractivity contribution >= 4 is 17.6 Å². The van der Waals surface area contributed by atoms with Gasteiger partial charge in [-0.2, -0.15) is 5.10 Å². The highest BCUT2D eigenvalue weighted by atomic mass is 16.5. The van der Waals surface area contributed by atoms with E-state index in [1.807, 2.05) is 0 Å². The highest BCUT2D eigenvalue weighted by Gasteiger charge is 2.13. The van der Waals surface area contributed by atoms with Gasteiger partial charge in [0, 0.05) is 12.3 Å². The zero-order chi connectivity index (χ0) is 13.8. The van der Waals surface area contributed by atoms with Crippen LogP contribution in [0.4, 0.5) is 5.69 Å². The second kappa shape index (κ2) is 5.34. The van der Waals surface area contributed by atoms with Gasteiger partial charge in [0.1, 0.15) is 6.54 Å². The number of methoxy groups -OCH3 is 1. The second-order valence-electron chi connectivity index (χ2n) is 3.79. The first-order chi connectivity index (χ1) is 9.08. The van der Waals surface area contributed by atoms with E-state index in [0.29, 0.717) is 11.4 Å². The van der Waals surface area contributed by atoms with Crippen LogP contribution in [0.25, 0.3) is 0 Å². The van der Waals surface area contributed by atoms with Gasteiger partial charge in [-0.3, -0.25) is 14.3 Å². The van der Waals surface area contributed by atoms with Gasteiger partial charge in [0.2, 0.25) is 5.76 Å². The SMILES string of the molecule is COC(=O)Cn1cc(NC(=O)c2cc(C)no2)cn1. The van der Waals surface area contributed by atoms with Crippen molar-refractivity contribution in [2.75, 3.05) is 12.4 Å². The Kier molecular flexibility index (Phi) is 3.60. The van der Waals surface area contributed by atoms with Crippen LogP contribution in [-0.4, -0.2) is 33.9 Å². The van der Waals surface area contributed by atoms with Crippen LogP contribution in [-0.2, 0) is 16.1 Å². The lowest BCUT2D eigenvalue weighted by Gasteiger charge is -1.99. The number of amides is 1. The largest absolute Gasteiger partial charge is 0.468 e. The Bertz CT molecular complexity index is 601. The minimum Gasteiger partial charge on any atom is -0.468 e. The molecule has 1 N–H and O–H groups in total. The fourth-order valence-corrected chi connectivity index (χ4v) is 1.37. The first-order valence-corrected chi connectivity index (χ1v) is 5.42. The van der Waals surface area contributed by atoms with Crippen LogP contribution in [0.15, 0.2) is 23.0 Å². The molecule has 2 aromatic rings. The van der Waals surface area contributed by atoms with Gasteiger partial charge in [0.25, 0.3) is 5.91 Å². The summed E-state index contributed by atoms with van der Waals surface area (Å²) in [6.07, 6.45) is 2.93. The van der Waals surface area contributed by atoms with Crippen molar-refractivity contribution in [2.45, 2.75) is 13.5 Å². The average molecular weight is 264 g/mol. The molecule has 0 aliphatic carbocycles. The Morgan fingerprint density at radius 3 is 2.95 bits per heavy atom. The molecule has 0 atom stereocenters. The highest BCUT2D eigenvalue weighted by molar-refractivity contribution is 6.02. The summed E-state index contributed by atoms with van der Waals surface area (Å²) in [5, 5.41) is 10.1. The van der Waals surface area contributed by atoms with Gasteiger partial charge < -0.3 is 14.6 Å². The first kappa shape index (κ1) is 12.8. The van der Waals surface area contributed by atoms with E-state index in [-0.39, 0.29) is 12.3 Å². The van der Waals surface area contributed by atoms with Crippen LogP contribution in [0.1, 0.15) is 16.2 Å². The lowest BCUT2D eigenvalue weighted by atomic mass is 10.3. The molecule has 0 fully saturated rings. The monoisotopic (exact) mass is 264 g/mol. The summed E-state index contributed by atoms with van der Waals surface area (Å²) in [6.45, 7) is 1.70. The average Bonchev–Trinajstić information content (AvgIpc) is 2.98. The Hall–Kier alpha value is -2.64. The Morgan fingerprint density at radius 2 is 2.32 bits per heavy atom. The summed E-state index contributed by atoms with van der Waals surface area (Å²) in [6, 6.07) is 1.52. The lowest BCUT2D eigenvalue weighted by Crippen LogP contribution is -2.12. The number of ether oxygens (including phenoxy) is 1. The number of hydrogen-bond acceptors (Lipinski definition) is 6. The number of carbonyl (C=O) groups is 2. The lowest BCUT2D eigenvalue weighted by molar-refractivity contribution is -0.141. The van der Waals surface area contributed by atoms with Gasteiger partial charge >= 0.3 is 5.97 Å². The number of carbonyl (C=O) groups excluding carboxylic acids is 2. The molecule has 0 saturated carbocycles. The van der Waals surface area contributed by atoms with Crippen LogP contribution >= 0.6 is 0 Å². The van der Waals surface area contributed by atoms with E-state index in [0.717, 1.165) is 0 Å². The molecule has 1 amide bonds. The summed E-state index contributed by atoms with van der Waals surface area (Å²) in [4.78, 5) is 22.8. The van der Waals surface area contributed by atoms with E-state index < -0.39 is 11.9 Å². The van der Waals surface area contributed by atoms with Crippen molar-refractivity contribution in [3.05, 3.63) is 29.9 Å². The number of nitrogens with zero attached hydrogens (tertiary/aromatic N) is 3. The van der Waals surface area contributed by atoms with Gasteiger partial charge in [-0.15, -0.1) is 0 Å². The number of rotatable bonds is 4. The normalized spacial score (nSPS) is 10.2. The Morgan fingerprint density at radius 1 is 1.53 bits per heavy atom. The van der Waals surface area contributed by atoms with Gasteiger partial charge in [0.05, 0.1) is 24.7 Å². The molecule has 19 heavy (non-hydrogen) atoms. The third-order valence-electron chi connectivity index (χ3n) is 2.26. The van der Waals surface area contributed by atoms with Crippen LogP contribution < -0.4 is 5.32 Å². The summed E-state index contributed by atoms with van der Waals surface area (Å²) in [5.41, 5.74) is 1.06. The molecule has 8 heteroatoms. The molecule has 0 aromatic carbocycles. The van der Waals surface area contributed by atoms with Crippen LogP contribution in [0.2, 0.25) is 0 Å². The number of anilines is 1. The molecular formula is C11H12N4O4. The molecule has 2 aromatic heterocycles. The first-order valence-electron chi connectivity index (χ1n) is 5.42. The molecule has 2 rings (SSSR count). The molecule has 0 aliphatic rings. The smallest absolute Gasteiger partial charge is 0.327 e. The molecule has 0 unspecified atom stereocenters. The van der Waals surface area contributed by atoms with Crippen LogP contribution in [0.5, 0.6) is 0 Å². The number of aromatic nitrogens is 3. The molecule has 100 valence electrons. The fourth-order valence-electron chi connectivity index (χ4n) is 1.37. The number of nitrogens with one attached hydrogen (secondary N) is 1. The summed E-state index contributed by atoms with van der Waals surface area (Å²) >= 11 is 0. The quantitative estimate of drug-likeness (QED) is 0.812. The zero-order valence-corrected chi connectivity index (χ0v) is 10.4. The molecule has 0 bridgehead atoms. The number of esters is 1. The summed E-state index contributed by atoms with van der Waals surface area (Å²) < 4.78 is 10.7. The maximum absolute atomic E-state index is 11.7. The minimum atomic E-state index is -0.432. The van der Waals surface area contributed by atoms with E-state index in [1.54, 1.807) is 6.92 Å². The van der Waals surface area contributed by atoms with Crippen LogP contribution in [0.3, 0.4) is 0 Å². The number of hydrogen-bond donors (Lipinski definition) is 1. The van der Waals surface area contributed by atoms with E-state index in [1.165, 1.54) is 30.3 Å². The predicted molar refractivity (Wildman–Crippen MR) is 63.4 cm³/mol. The van der Waals surface area contributed by atoms with E-state index >= 15 is 0 Å². The molecule has 0 spiro atoms. The van der Waals surface area contributed by atoms with Crippen molar-refractivity contribution in [3.8, 4) is 0 Å². The fraction of sp³-hybridized carbons (Fsp3) is 0.273. The Balaban J connectivity index is 2.00. The van der Waals surface area contributed by atoms with Crippen molar-refractivity contribution in [3.63, 3.8) is 0 Å². The predicted octanol–water partition coefficient (Wildman–Crippen LogP) is 0.605. The van der Waals surface area contributed by atoms with Crippen molar-refractivity contribution in [2.24, 2.45) is 0 Å². The third kappa shape index (κ3) is 3.18. The number of aryl methyl sites for hydroxylation is 1. The summed E-state index contributed by atoms with van der Waals surface area (Å²) in [5.74, 6) is -0.747. The molecule has 2 heterocycles. The maximum Gasteiger partial charge on any atom is 0.327 e. The standard InChI is InChI=1S/C11H12N4O4/c1-7-3-9(19-14-7)11(17)13-8-4-12-15(5-8)6-10(16)18-2/h3-5H,6H2,1-2H3,(H,13,17). The van der Waals surface area contributed by atoms with Crippen molar-refractivity contribution < 1.29 is 18.8 Å². The summed E-state index contributed by atoms with van der Waals surface area (Å²) in [7, 11) is 1.29. The second-order valence-corrected chi connectivity index (χ2v) is 3.79. The van der Waals surface area contributed by atoms with E-state index in [2.05, 4.69) is 20.3 Å². The molecule has 0 aliphatic heterocycles.